The zero-order valence-electron chi connectivity index (χ0n) is 19.1. The molecule has 1 fully saturated rings. The van der Waals surface area contributed by atoms with Crippen molar-refractivity contribution < 1.29 is 38.1 Å². The van der Waals surface area contributed by atoms with E-state index < -0.39 is 42.4 Å². The summed E-state index contributed by atoms with van der Waals surface area (Å²) in [6, 6.07) is 0. The Balaban J connectivity index is 2.05. The highest BCUT2D eigenvalue weighted by molar-refractivity contribution is 6.33. The van der Waals surface area contributed by atoms with Crippen LogP contribution in [0.15, 0.2) is 6.33 Å². The van der Waals surface area contributed by atoms with E-state index in [1.165, 1.54) is 31.7 Å². The number of carbonyl (C=O) groups excluding carboxylic acids is 4. The number of esters is 3. The van der Waals surface area contributed by atoms with Crippen molar-refractivity contribution in [3.63, 3.8) is 0 Å². The van der Waals surface area contributed by atoms with Gasteiger partial charge in [0.05, 0.1) is 6.33 Å². The van der Waals surface area contributed by atoms with Gasteiger partial charge in [-0.25, -0.2) is 4.98 Å². The number of rotatable bonds is 7. The molecule has 1 amide bonds. The number of nitrogens with zero attached hydrogens (tertiary/aromatic N) is 4. The molecule has 0 unspecified atom stereocenters. The van der Waals surface area contributed by atoms with Gasteiger partial charge in [-0.15, -0.1) is 0 Å². The molecule has 1 saturated heterocycles. The van der Waals surface area contributed by atoms with Gasteiger partial charge in [-0.05, 0) is 0 Å². The third-order valence-electron chi connectivity index (χ3n) is 4.75. The molecule has 4 atom stereocenters. The quantitative estimate of drug-likeness (QED) is 0.334. The van der Waals surface area contributed by atoms with Crippen molar-refractivity contribution >= 4 is 52.5 Å². The Labute approximate surface area is 199 Å². The van der Waals surface area contributed by atoms with E-state index in [1.54, 1.807) is 13.8 Å². The number of hydrogen-bond donors (Lipinski definition) is 1. The largest absolute Gasteiger partial charge is 0.463 e. The normalized spacial score (nSPS) is 22.0. The minimum atomic E-state index is -1.14. The topological polar surface area (TPSA) is 161 Å². The molecule has 2 aromatic heterocycles. The van der Waals surface area contributed by atoms with Crippen molar-refractivity contribution in [1.29, 1.82) is 0 Å². The summed E-state index contributed by atoms with van der Waals surface area (Å²) in [5.74, 6) is -2.61. The van der Waals surface area contributed by atoms with E-state index in [4.69, 9.17) is 30.5 Å². The maximum atomic E-state index is 12.1. The van der Waals surface area contributed by atoms with Crippen molar-refractivity contribution in [1.82, 2.24) is 19.5 Å². The highest BCUT2D eigenvalue weighted by Gasteiger charge is 2.51. The number of fused-ring (bicyclic) bond motifs is 1. The van der Waals surface area contributed by atoms with Crippen molar-refractivity contribution in [3.8, 4) is 0 Å². The lowest BCUT2D eigenvalue weighted by molar-refractivity contribution is -0.166. The van der Waals surface area contributed by atoms with Gasteiger partial charge < -0.3 is 18.9 Å². The molecule has 0 radical (unpaired) electrons. The Kier molecular flexibility index (Phi) is 7.67. The maximum absolute atomic E-state index is 12.1. The molecule has 0 spiro atoms. The van der Waals surface area contributed by atoms with Crippen molar-refractivity contribution in [3.05, 3.63) is 11.5 Å². The van der Waals surface area contributed by atoms with Gasteiger partial charge >= 0.3 is 17.9 Å². The van der Waals surface area contributed by atoms with Crippen LogP contribution in [0.25, 0.3) is 11.2 Å². The molecule has 0 bridgehead atoms. The number of anilines is 1. The van der Waals surface area contributed by atoms with Crippen LogP contribution in [0.5, 0.6) is 0 Å². The van der Waals surface area contributed by atoms with E-state index in [2.05, 4.69) is 20.3 Å². The standard InChI is InChI=1S/C20H24ClN5O8/c1-8(2)18(30)25-20-23-16(21)13-17(24-20)26(7-22-13)19-15(33-11(5)29)14(32-10(4)28)12(34-19)6-31-9(3)27/h7-8,12,14-15,19H,6H2,1-5H3,(H,23,24,25,30)/t12-,14-,15-,19-/m1/s1. The molecule has 1 aliphatic rings. The molecule has 3 rings (SSSR count). The Hall–Kier alpha value is -3.32. The van der Waals surface area contributed by atoms with Gasteiger partial charge in [0, 0.05) is 26.7 Å². The fraction of sp³-hybridized carbons (Fsp3) is 0.550. The monoisotopic (exact) mass is 497 g/mol. The summed E-state index contributed by atoms with van der Waals surface area (Å²) in [6.07, 6.45) is -2.95. The molecule has 184 valence electrons. The van der Waals surface area contributed by atoms with Gasteiger partial charge in [0.15, 0.2) is 29.2 Å². The lowest BCUT2D eigenvalue weighted by Gasteiger charge is -2.23. The van der Waals surface area contributed by atoms with Gasteiger partial charge in [-0.1, -0.05) is 25.4 Å². The number of imidazole rings is 1. The van der Waals surface area contributed by atoms with Crippen molar-refractivity contribution in [2.45, 2.75) is 59.2 Å². The first-order valence-corrected chi connectivity index (χ1v) is 10.7. The molecule has 13 nitrogen and oxygen atoms in total. The summed E-state index contributed by atoms with van der Waals surface area (Å²) >= 11 is 6.25. The van der Waals surface area contributed by atoms with Gasteiger partial charge in [0.1, 0.15) is 18.2 Å². The van der Waals surface area contributed by atoms with Crippen LogP contribution in [0.4, 0.5) is 5.95 Å². The Morgan fingerprint density at radius 3 is 2.32 bits per heavy atom. The number of carbonyl (C=O) groups is 4. The zero-order chi connectivity index (χ0) is 25.2. The summed E-state index contributed by atoms with van der Waals surface area (Å²) in [4.78, 5) is 59.6. The predicted octanol–water partition coefficient (Wildman–Crippen LogP) is 1.40. The first-order valence-electron chi connectivity index (χ1n) is 10.3. The zero-order valence-corrected chi connectivity index (χ0v) is 19.9. The number of halogens is 1. The van der Waals surface area contributed by atoms with Crippen LogP contribution in [-0.2, 0) is 38.1 Å². The third-order valence-corrected chi connectivity index (χ3v) is 5.02. The van der Waals surface area contributed by atoms with Crippen LogP contribution < -0.4 is 5.32 Å². The average molecular weight is 498 g/mol. The summed E-state index contributed by atoms with van der Waals surface area (Å²) in [6.45, 7) is 6.73. The van der Waals surface area contributed by atoms with Gasteiger partial charge in [-0.3, -0.25) is 29.1 Å². The fourth-order valence-electron chi connectivity index (χ4n) is 3.30. The molecule has 0 aliphatic carbocycles. The molecular weight excluding hydrogens is 474 g/mol. The van der Waals surface area contributed by atoms with E-state index in [-0.39, 0.29) is 40.7 Å². The minimum Gasteiger partial charge on any atom is -0.463 e. The van der Waals surface area contributed by atoms with Crippen molar-refractivity contribution in [2.24, 2.45) is 5.92 Å². The number of aromatic nitrogens is 4. The molecule has 3 heterocycles. The Morgan fingerprint density at radius 1 is 1.09 bits per heavy atom. The molecule has 0 saturated carbocycles. The second-order valence-electron chi connectivity index (χ2n) is 7.82. The molecule has 2 aromatic rings. The van der Waals surface area contributed by atoms with E-state index in [0.29, 0.717) is 0 Å². The highest BCUT2D eigenvalue weighted by atomic mass is 35.5. The van der Waals surface area contributed by atoms with Crippen LogP contribution in [-0.4, -0.2) is 68.3 Å². The van der Waals surface area contributed by atoms with Crippen LogP contribution >= 0.6 is 11.6 Å². The first-order chi connectivity index (χ1) is 16.0. The second-order valence-corrected chi connectivity index (χ2v) is 8.18. The number of hydrogen-bond acceptors (Lipinski definition) is 11. The molecular formula is C20H24ClN5O8. The van der Waals surface area contributed by atoms with E-state index >= 15 is 0 Å². The molecule has 0 aromatic carbocycles. The van der Waals surface area contributed by atoms with Crippen LogP contribution in [0.1, 0.15) is 40.8 Å². The Morgan fingerprint density at radius 2 is 1.74 bits per heavy atom. The smallest absolute Gasteiger partial charge is 0.303 e. The molecule has 1 aliphatic heterocycles. The van der Waals surface area contributed by atoms with Crippen LogP contribution in [0.3, 0.4) is 0 Å². The van der Waals surface area contributed by atoms with Crippen LogP contribution in [0.2, 0.25) is 5.15 Å². The summed E-state index contributed by atoms with van der Waals surface area (Å²) in [5.41, 5.74) is 0.359. The van der Waals surface area contributed by atoms with E-state index in [1.807, 2.05) is 0 Å². The van der Waals surface area contributed by atoms with Gasteiger partial charge in [0.25, 0.3) is 0 Å². The SMILES string of the molecule is CC(=O)OC[C@H]1O[C@@H](n2cnc3c(Cl)nc(NC(=O)C(C)C)nc32)[C@H](OC(C)=O)[C@@H]1OC(C)=O. The number of amides is 1. The molecule has 14 heteroatoms. The summed E-state index contributed by atoms with van der Waals surface area (Å²) < 4.78 is 23.2. The van der Waals surface area contributed by atoms with Gasteiger partial charge in [-0.2, -0.15) is 9.97 Å². The lowest BCUT2D eigenvalue weighted by atomic mass is 10.1. The molecule has 1 N–H and O–H groups in total. The molecule has 34 heavy (non-hydrogen) atoms. The predicted molar refractivity (Wildman–Crippen MR) is 115 cm³/mol. The fourth-order valence-corrected chi connectivity index (χ4v) is 3.51. The average Bonchev–Trinajstić information content (AvgIpc) is 3.28. The summed E-state index contributed by atoms with van der Waals surface area (Å²) in [5, 5.41) is 2.53. The Bertz CT molecular complexity index is 1120. The maximum Gasteiger partial charge on any atom is 0.303 e. The van der Waals surface area contributed by atoms with Crippen molar-refractivity contribution in [2.75, 3.05) is 11.9 Å². The van der Waals surface area contributed by atoms with Crippen LogP contribution in [0, 0.1) is 5.92 Å². The first kappa shape index (κ1) is 25.3. The lowest BCUT2D eigenvalue weighted by Crippen LogP contribution is -2.40. The minimum absolute atomic E-state index is 0.0298. The number of nitrogens with one attached hydrogen (secondary N) is 1. The second kappa shape index (κ2) is 10.3. The van der Waals surface area contributed by atoms with E-state index in [9.17, 15) is 19.2 Å². The third kappa shape index (κ3) is 5.59. The highest BCUT2D eigenvalue weighted by Crippen LogP contribution is 2.36. The van der Waals surface area contributed by atoms with Gasteiger partial charge in [0.2, 0.25) is 11.9 Å². The summed E-state index contributed by atoms with van der Waals surface area (Å²) in [7, 11) is 0. The number of ether oxygens (including phenoxy) is 4. The van der Waals surface area contributed by atoms with E-state index in [0.717, 1.165) is 0 Å².